The van der Waals surface area contributed by atoms with Gasteiger partial charge in [0.1, 0.15) is 0 Å². The molecular formula is C48H36. The summed E-state index contributed by atoms with van der Waals surface area (Å²) in [5.41, 5.74) is 16.2. The molecule has 0 unspecified atom stereocenters. The molecule has 8 aromatic carbocycles. The SMILES string of the molecule is CC1(C)c2ccccc2-c2c(-c3c4ccccc4c(-c4cccc5c4C(C)(C)c4c-5ccc5ccccc45)c4ccccc34)cccc21. The minimum absolute atomic E-state index is 0.0527. The van der Waals surface area contributed by atoms with Crippen LogP contribution in [0.5, 0.6) is 0 Å². The lowest BCUT2D eigenvalue weighted by molar-refractivity contribution is 0.660. The van der Waals surface area contributed by atoms with Gasteiger partial charge in [0.05, 0.1) is 0 Å². The van der Waals surface area contributed by atoms with Gasteiger partial charge in [0.25, 0.3) is 0 Å². The topological polar surface area (TPSA) is 0 Å². The van der Waals surface area contributed by atoms with Crippen molar-refractivity contribution in [2.75, 3.05) is 0 Å². The minimum Gasteiger partial charge on any atom is -0.0619 e. The van der Waals surface area contributed by atoms with Crippen molar-refractivity contribution in [1.82, 2.24) is 0 Å². The van der Waals surface area contributed by atoms with Gasteiger partial charge in [-0.15, -0.1) is 0 Å². The molecule has 0 saturated carbocycles. The van der Waals surface area contributed by atoms with Crippen LogP contribution in [0.25, 0.3) is 76.8 Å². The largest absolute Gasteiger partial charge is 0.0619 e. The highest BCUT2D eigenvalue weighted by molar-refractivity contribution is 6.23. The first kappa shape index (κ1) is 27.6. The third-order valence-corrected chi connectivity index (χ3v) is 11.6. The molecule has 8 aromatic rings. The van der Waals surface area contributed by atoms with Crippen LogP contribution in [0.1, 0.15) is 49.9 Å². The molecule has 0 aliphatic heterocycles. The molecule has 0 N–H and O–H groups in total. The Morgan fingerprint density at radius 3 is 1.48 bits per heavy atom. The quantitative estimate of drug-likeness (QED) is 0.170. The van der Waals surface area contributed by atoms with Crippen LogP contribution in [0.15, 0.2) is 146 Å². The Morgan fingerprint density at radius 2 is 0.771 bits per heavy atom. The molecule has 10 rings (SSSR count). The lowest BCUT2D eigenvalue weighted by atomic mass is 9.75. The van der Waals surface area contributed by atoms with Gasteiger partial charge in [-0.1, -0.05) is 173 Å². The van der Waals surface area contributed by atoms with Crippen LogP contribution in [-0.2, 0) is 10.8 Å². The monoisotopic (exact) mass is 612 g/mol. The van der Waals surface area contributed by atoms with Crippen molar-refractivity contribution < 1.29 is 0 Å². The molecule has 2 aliphatic rings. The van der Waals surface area contributed by atoms with E-state index in [0.29, 0.717) is 0 Å². The highest BCUT2D eigenvalue weighted by Gasteiger charge is 2.40. The average Bonchev–Trinajstić information content (AvgIpc) is 3.51. The van der Waals surface area contributed by atoms with Gasteiger partial charge in [-0.3, -0.25) is 0 Å². The molecule has 48 heavy (non-hydrogen) atoms. The summed E-state index contributed by atoms with van der Waals surface area (Å²) in [4.78, 5) is 0. The predicted molar refractivity (Wildman–Crippen MR) is 205 cm³/mol. The number of fused-ring (bicyclic) bond motifs is 10. The van der Waals surface area contributed by atoms with Crippen molar-refractivity contribution in [3.05, 3.63) is 168 Å². The van der Waals surface area contributed by atoms with Crippen molar-refractivity contribution in [3.8, 4) is 44.5 Å². The van der Waals surface area contributed by atoms with E-state index in [9.17, 15) is 0 Å². The molecule has 0 bridgehead atoms. The van der Waals surface area contributed by atoms with Gasteiger partial charge in [-0.25, -0.2) is 0 Å². The molecule has 228 valence electrons. The van der Waals surface area contributed by atoms with E-state index in [1.54, 1.807) is 0 Å². The van der Waals surface area contributed by atoms with Crippen LogP contribution in [-0.4, -0.2) is 0 Å². The van der Waals surface area contributed by atoms with Crippen LogP contribution in [0.3, 0.4) is 0 Å². The van der Waals surface area contributed by atoms with Crippen molar-refractivity contribution in [1.29, 1.82) is 0 Å². The highest BCUT2D eigenvalue weighted by Crippen LogP contribution is 2.58. The molecule has 0 amide bonds. The zero-order valence-electron chi connectivity index (χ0n) is 27.9. The van der Waals surface area contributed by atoms with Crippen molar-refractivity contribution in [3.63, 3.8) is 0 Å². The third-order valence-electron chi connectivity index (χ3n) is 11.6. The zero-order valence-corrected chi connectivity index (χ0v) is 27.9. The van der Waals surface area contributed by atoms with E-state index in [-0.39, 0.29) is 10.8 Å². The van der Waals surface area contributed by atoms with Crippen LogP contribution in [0.4, 0.5) is 0 Å². The summed E-state index contributed by atoms with van der Waals surface area (Å²) in [6.45, 7) is 9.61. The average molecular weight is 613 g/mol. The van der Waals surface area contributed by atoms with E-state index >= 15 is 0 Å². The van der Waals surface area contributed by atoms with Crippen LogP contribution >= 0.6 is 0 Å². The summed E-state index contributed by atoms with van der Waals surface area (Å²) < 4.78 is 0. The van der Waals surface area contributed by atoms with E-state index in [4.69, 9.17) is 0 Å². The fourth-order valence-corrected chi connectivity index (χ4v) is 9.62. The zero-order chi connectivity index (χ0) is 32.4. The first-order valence-electron chi connectivity index (χ1n) is 17.2. The molecule has 0 aromatic heterocycles. The number of hydrogen-bond acceptors (Lipinski definition) is 0. The summed E-state index contributed by atoms with van der Waals surface area (Å²) in [6, 6.07) is 54.8. The van der Waals surface area contributed by atoms with E-state index in [2.05, 4.69) is 173 Å². The second-order valence-corrected chi connectivity index (χ2v) is 14.8. The normalized spacial score (nSPS) is 15.0. The number of benzene rings is 8. The fraction of sp³-hybridized carbons (Fsp3) is 0.125. The molecule has 0 heteroatoms. The second-order valence-electron chi connectivity index (χ2n) is 14.8. The van der Waals surface area contributed by atoms with Gasteiger partial charge in [0.15, 0.2) is 0 Å². The molecule has 0 spiro atoms. The van der Waals surface area contributed by atoms with Crippen molar-refractivity contribution >= 4 is 32.3 Å². The highest BCUT2D eigenvalue weighted by atomic mass is 14.4. The van der Waals surface area contributed by atoms with Crippen LogP contribution in [0.2, 0.25) is 0 Å². The number of hydrogen-bond donors (Lipinski definition) is 0. The molecule has 0 fully saturated rings. The molecule has 0 saturated heterocycles. The summed E-state index contributed by atoms with van der Waals surface area (Å²) >= 11 is 0. The Bertz CT molecular complexity index is 2610. The predicted octanol–water partition coefficient (Wildman–Crippen LogP) is 13.1. The van der Waals surface area contributed by atoms with Gasteiger partial charge >= 0.3 is 0 Å². The maximum absolute atomic E-state index is 2.43. The van der Waals surface area contributed by atoms with E-state index in [1.165, 1.54) is 99.1 Å². The molecule has 0 nitrogen and oxygen atoms in total. The van der Waals surface area contributed by atoms with Crippen LogP contribution < -0.4 is 0 Å². The summed E-state index contributed by atoms with van der Waals surface area (Å²) in [6.07, 6.45) is 0. The molecule has 0 radical (unpaired) electrons. The molecule has 2 aliphatic carbocycles. The van der Waals surface area contributed by atoms with Crippen LogP contribution in [0, 0.1) is 0 Å². The Balaban J connectivity index is 1.32. The summed E-state index contributed by atoms with van der Waals surface area (Å²) in [5.74, 6) is 0. The maximum Gasteiger partial charge on any atom is 0.0171 e. The van der Waals surface area contributed by atoms with E-state index in [1.807, 2.05) is 0 Å². The van der Waals surface area contributed by atoms with E-state index < -0.39 is 0 Å². The van der Waals surface area contributed by atoms with Gasteiger partial charge in [0, 0.05) is 10.8 Å². The van der Waals surface area contributed by atoms with Gasteiger partial charge in [-0.05, 0) is 99.1 Å². The Hall–Kier alpha value is -5.46. The fourth-order valence-electron chi connectivity index (χ4n) is 9.62. The standard InChI is InChI=1S/C48H36/c1-47(2)40-25-12-11-21-37(40)44-38(23-14-26-41(44)47)42-31-17-7-9-19-33(31)43(34-20-10-8-18-32(34)42)39-24-13-22-35-36-28-27-29-15-5-6-16-30(29)45(36)48(3,4)46(35)39/h5-28H,1-4H3. The first-order valence-corrected chi connectivity index (χ1v) is 17.2. The summed E-state index contributed by atoms with van der Waals surface area (Å²) in [5, 5.41) is 7.88. The van der Waals surface area contributed by atoms with Gasteiger partial charge in [0.2, 0.25) is 0 Å². The summed E-state index contributed by atoms with van der Waals surface area (Å²) in [7, 11) is 0. The smallest absolute Gasteiger partial charge is 0.0171 e. The second kappa shape index (κ2) is 9.55. The molecular weight excluding hydrogens is 577 g/mol. The maximum atomic E-state index is 2.43. The number of rotatable bonds is 2. The van der Waals surface area contributed by atoms with E-state index in [0.717, 1.165) is 0 Å². The van der Waals surface area contributed by atoms with Crippen molar-refractivity contribution in [2.45, 2.75) is 38.5 Å². The minimum atomic E-state index is -0.168. The molecule has 0 atom stereocenters. The van der Waals surface area contributed by atoms with Gasteiger partial charge < -0.3 is 0 Å². The lowest BCUT2D eigenvalue weighted by Crippen LogP contribution is -2.17. The Kier molecular flexibility index (Phi) is 5.50. The Morgan fingerprint density at radius 1 is 0.292 bits per heavy atom. The first-order chi connectivity index (χ1) is 23.4. The van der Waals surface area contributed by atoms with Crippen molar-refractivity contribution in [2.24, 2.45) is 0 Å². The molecule has 0 heterocycles. The Labute approximate surface area is 282 Å². The van der Waals surface area contributed by atoms with Gasteiger partial charge in [-0.2, -0.15) is 0 Å². The third kappa shape index (κ3) is 3.45. The lowest BCUT2D eigenvalue weighted by Gasteiger charge is -2.27.